The molecule has 1 unspecified atom stereocenters. The van der Waals surface area contributed by atoms with Gasteiger partial charge in [0.1, 0.15) is 6.10 Å². The largest absolute Gasteiger partial charge is 0.476 e. The number of thioether (sulfide) groups is 1. The fourth-order valence-electron chi connectivity index (χ4n) is 3.52. The molecule has 1 atom stereocenters. The maximum absolute atomic E-state index is 12.4. The summed E-state index contributed by atoms with van der Waals surface area (Å²) in [6, 6.07) is 14.2. The van der Waals surface area contributed by atoms with E-state index in [-0.39, 0.29) is 16.5 Å². The van der Waals surface area contributed by atoms with Crippen LogP contribution in [0.5, 0.6) is 0 Å². The Morgan fingerprint density at radius 2 is 1.82 bits per heavy atom. The van der Waals surface area contributed by atoms with Crippen molar-refractivity contribution in [3.8, 4) is 16.4 Å². The zero-order chi connectivity index (χ0) is 24.6. The fraction of sp³-hybridized carbons (Fsp3) is 0.208. The normalized spacial score (nSPS) is 12.3. The summed E-state index contributed by atoms with van der Waals surface area (Å²) in [5.41, 5.74) is 2.56. The molecule has 0 saturated heterocycles. The van der Waals surface area contributed by atoms with Gasteiger partial charge in [0.25, 0.3) is 0 Å². The zero-order valence-electron chi connectivity index (χ0n) is 18.5. The lowest BCUT2D eigenvalue weighted by Crippen LogP contribution is -2.12. The quantitative estimate of drug-likeness (QED) is 0.251. The molecule has 4 aromatic rings. The van der Waals surface area contributed by atoms with Crippen LogP contribution in [0.25, 0.3) is 16.4 Å². The first-order valence-corrected chi connectivity index (χ1v) is 12.8. The summed E-state index contributed by atoms with van der Waals surface area (Å²) in [6.45, 7) is 5.82. The highest BCUT2D eigenvalue weighted by molar-refractivity contribution is 8.01. The van der Waals surface area contributed by atoms with Crippen LogP contribution in [0.2, 0.25) is 10.0 Å². The van der Waals surface area contributed by atoms with E-state index in [1.54, 1.807) is 55.1 Å². The first-order valence-electron chi connectivity index (χ1n) is 10.4. The SMILES string of the molecule is Cc1nn(-c2nc(-c3ccc(Cl)c(Cl)c3)c(SC(C)C)s2)c(C(=O)O)c1C(O)c1ccccc1. The molecular weight excluding hydrogens is 513 g/mol. The summed E-state index contributed by atoms with van der Waals surface area (Å²) in [6.07, 6.45) is -1.14. The van der Waals surface area contributed by atoms with Crippen LogP contribution in [0.1, 0.15) is 47.3 Å². The summed E-state index contributed by atoms with van der Waals surface area (Å²) < 4.78 is 2.20. The number of carbonyl (C=O) groups is 1. The second-order valence-electron chi connectivity index (χ2n) is 7.81. The molecule has 0 amide bonds. The first kappa shape index (κ1) is 24.8. The molecule has 0 saturated carbocycles. The van der Waals surface area contributed by atoms with Crippen molar-refractivity contribution in [2.24, 2.45) is 0 Å². The van der Waals surface area contributed by atoms with Crippen LogP contribution in [-0.4, -0.2) is 36.2 Å². The Balaban J connectivity index is 1.88. The number of aliphatic hydroxyl groups is 1. The van der Waals surface area contributed by atoms with Crippen molar-refractivity contribution in [1.82, 2.24) is 14.8 Å². The number of thiazole rings is 1. The zero-order valence-corrected chi connectivity index (χ0v) is 21.6. The minimum atomic E-state index is -1.20. The number of hydrogen-bond donors (Lipinski definition) is 2. The van der Waals surface area contributed by atoms with Gasteiger partial charge in [-0.25, -0.2) is 9.78 Å². The minimum absolute atomic E-state index is 0.121. The van der Waals surface area contributed by atoms with E-state index in [0.29, 0.717) is 32.1 Å². The van der Waals surface area contributed by atoms with Gasteiger partial charge in [-0.05, 0) is 24.6 Å². The number of carboxylic acids is 1. The maximum Gasteiger partial charge on any atom is 0.355 e. The van der Waals surface area contributed by atoms with Gasteiger partial charge in [-0.2, -0.15) is 9.78 Å². The van der Waals surface area contributed by atoms with Crippen molar-refractivity contribution in [3.05, 3.63) is 81.1 Å². The van der Waals surface area contributed by atoms with Gasteiger partial charge in [0.2, 0.25) is 5.13 Å². The standard InChI is InChI=1S/C24H21Cl2N3O3S2/c1-12(2)33-23-19(15-9-10-16(25)17(26)11-15)27-24(34-23)29-20(22(31)32)18(13(3)28-29)21(30)14-7-5-4-6-8-14/h4-12,21,30H,1-3H3,(H,31,32). The highest BCUT2D eigenvalue weighted by Gasteiger charge is 2.30. The molecule has 2 aromatic heterocycles. The van der Waals surface area contributed by atoms with E-state index in [1.165, 1.54) is 16.0 Å². The predicted molar refractivity (Wildman–Crippen MR) is 138 cm³/mol. The van der Waals surface area contributed by atoms with Gasteiger partial charge < -0.3 is 10.2 Å². The van der Waals surface area contributed by atoms with Gasteiger partial charge in [0.05, 0.1) is 25.6 Å². The molecule has 34 heavy (non-hydrogen) atoms. The van der Waals surface area contributed by atoms with Crippen LogP contribution in [0, 0.1) is 6.92 Å². The van der Waals surface area contributed by atoms with Crippen molar-refractivity contribution in [2.45, 2.75) is 36.3 Å². The van der Waals surface area contributed by atoms with Crippen LogP contribution in [0.4, 0.5) is 0 Å². The topological polar surface area (TPSA) is 88.2 Å². The van der Waals surface area contributed by atoms with Gasteiger partial charge in [0.15, 0.2) is 5.69 Å². The number of aromatic carboxylic acids is 1. The Labute approximate surface area is 215 Å². The third kappa shape index (κ3) is 4.87. The van der Waals surface area contributed by atoms with Crippen LogP contribution in [-0.2, 0) is 0 Å². The molecule has 2 heterocycles. The summed E-state index contributed by atoms with van der Waals surface area (Å²) in [7, 11) is 0. The summed E-state index contributed by atoms with van der Waals surface area (Å²) in [5.74, 6) is -1.20. The molecule has 0 spiro atoms. The molecule has 0 bridgehead atoms. The molecular formula is C24H21Cl2N3O3S2. The first-order chi connectivity index (χ1) is 16.2. The van der Waals surface area contributed by atoms with Gasteiger partial charge >= 0.3 is 5.97 Å². The van der Waals surface area contributed by atoms with Crippen molar-refractivity contribution >= 4 is 52.3 Å². The number of aliphatic hydroxyl groups excluding tert-OH is 1. The van der Waals surface area contributed by atoms with E-state index in [9.17, 15) is 15.0 Å². The Hall–Kier alpha value is -2.36. The molecule has 4 rings (SSSR count). The van der Waals surface area contributed by atoms with E-state index in [1.807, 2.05) is 12.1 Å². The molecule has 176 valence electrons. The summed E-state index contributed by atoms with van der Waals surface area (Å²) in [4.78, 5) is 17.1. The highest BCUT2D eigenvalue weighted by Crippen LogP contribution is 2.41. The Morgan fingerprint density at radius 1 is 1.12 bits per heavy atom. The number of aromatic nitrogens is 3. The van der Waals surface area contributed by atoms with Gasteiger partial charge in [0, 0.05) is 16.4 Å². The van der Waals surface area contributed by atoms with E-state index in [2.05, 4.69) is 18.9 Å². The number of rotatable bonds is 7. The third-order valence-corrected chi connectivity index (χ3v) is 7.98. The van der Waals surface area contributed by atoms with Gasteiger partial charge in [-0.15, -0.1) is 11.8 Å². The lowest BCUT2D eigenvalue weighted by atomic mass is 9.99. The molecule has 0 radical (unpaired) electrons. The number of benzene rings is 2. The molecule has 0 aliphatic carbocycles. The van der Waals surface area contributed by atoms with E-state index in [4.69, 9.17) is 28.2 Å². The summed E-state index contributed by atoms with van der Waals surface area (Å²) in [5, 5.41) is 27.1. The molecule has 10 heteroatoms. The highest BCUT2D eigenvalue weighted by atomic mass is 35.5. The molecule has 0 aliphatic heterocycles. The predicted octanol–water partition coefficient (Wildman–Crippen LogP) is 6.89. The fourth-order valence-corrected chi connectivity index (χ4v) is 6.29. The average Bonchev–Trinajstić information content (AvgIpc) is 3.36. The van der Waals surface area contributed by atoms with Crippen LogP contribution >= 0.6 is 46.3 Å². The monoisotopic (exact) mass is 533 g/mol. The molecule has 0 aliphatic rings. The molecule has 2 N–H and O–H groups in total. The van der Waals surface area contributed by atoms with Crippen molar-refractivity contribution in [2.75, 3.05) is 0 Å². The minimum Gasteiger partial charge on any atom is -0.476 e. The Bertz CT molecular complexity index is 1350. The smallest absolute Gasteiger partial charge is 0.355 e. The van der Waals surface area contributed by atoms with E-state index in [0.717, 1.165) is 9.77 Å². The third-order valence-electron chi connectivity index (χ3n) is 5.00. The number of halogens is 2. The number of hydrogen-bond acceptors (Lipinski definition) is 6. The van der Waals surface area contributed by atoms with Crippen molar-refractivity contribution < 1.29 is 15.0 Å². The average molecular weight is 534 g/mol. The number of carboxylic acid groups (broad SMARTS) is 1. The lowest BCUT2D eigenvalue weighted by molar-refractivity contribution is 0.0681. The Morgan fingerprint density at radius 3 is 2.44 bits per heavy atom. The molecule has 6 nitrogen and oxygen atoms in total. The van der Waals surface area contributed by atoms with E-state index >= 15 is 0 Å². The maximum atomic E-state index is 12.4. The number of nitrogens with zero attached hydrogens (tertiary/aromatic N) is 3. The molecule has 0 fully saturated rings. The van der Waals surface area contributed by atoms with Crippen LogP contribution < -0.4 is 0 Å². The van der Waals surface area contributed by atoms with Gasteiger partial charge in [-0.3, -0.25) is 0 Å². The van der Waals surface area contributed by atoms with Crippen LogP contribution in [0.15, 0.2) is 52.7 Å². The van der Waals surface area contributed by atoms with Crippen molar-refractivity contribution in [1.29, 1.82) is 0 Å². The summed E-state index contributed by atoms with van der Waals surface area (Å²) >= 11 is 15.3. The second-order valence-corrected chi connectivity index (χ2v) is 11.4. The Kier molecular flexibility index (Phi) is 7.35. The van der Waals surface area contributed by atoms with E-state index < -0.39 is 12.1 Å². The van der Waals surface area contributed by atoms with Gasteiger partial charge in [-0.1, -0.05) is 84.8 Å². The lowest BCUT2D eigenvalue weighted by Gasteiger charge is -2.11. The second kappa shape index (κ2) is 10.1. The van der Waals surface area contributed by atoms with Crippen LogP contribution in [0.3, 0.4) is 0 Å². The van der Waals surface area contributed by atoms with Crippen molar-refractivity contribution in [3.63, 3.8) is 0 Å². The molecule has 2 aromatic carbocycles. The number of aryl methyl sites for hydroxylation is 1.